The lowest BCUT2D eigenvalue weighted by atomic mass is 9.83. The molecule has 2 atom stereocenters. The average molecular weight is 398 g/mol. The van der Waals surface area contributed by atoms with Crippen LogP contribution in [0.5, 0.6) is 0 Å². The van der Waals surface area contributed by atoms with Crippen molar-refractivity contribution in [1.29, 1.82) is 0 Å². The number of thiazole rings is 1. The number of carbonyl (C=O) groups excluding carboxylic acids is 1. The molecule has 0 N–H and O–H groups in total. The minimum atomic E-state index is 0.0772. The van der Waals surface area contributed by atoms with Crippen LogP contribution in [-0.4, -0.2) is 39.2 Å². The first-order valence-corrected chi connectivity index (χ1v) is 10.9. The molecule has 3 aromatic rings. The van der Waals surface area contributed by atoms with Crippen LogP contribution in [0.15, 0.2) is 51.6 Å². The molecule has 0 aliphatic carbocycles. The second-order valence-corrected chi connectivity index (χ2v) is 9.49. The van der Waals surface area contributed by atoms with Crippen LogP contribution in [-0.2, 0) is 11.3 Å². The fraction of sp³-hybridized carbons (Fsp3) is 0.350. The molecule has 0 spiro atoms. The molecule has 5 rings (SSSR count). The van der Waals surface area contributed by atoms with E-state index in [2.05, 4.69) is 11.1 Å². The smallest absolute Gasteiger partial charge is 0.250 e. The average Bonchev–Trinajstić information content (AvgIpc) is 3.10. The zero-order valence-corrected chi connectivity index (χ0v) is 16.3. The molecule has 1 fully saturated rings. The molecule has 2 aliphatic heterocycles. The Balaban J connectivity index is 1.28. The molecule has 5 nitrogen and oxygen atoms in total. The fourth-order valence-corrected chi connectivity index (χ4v) is 6.20. The summed E-state index contributed by atoms with van der Waals surface area (Å²) in [5, 5.41) is 0. The van der Waals surface area contributed by atoms with Gasteiger partial charge in [-0.15, -0.1) is 11.3 Å². The van der Waals surface area contributed by atoms with Crippen molar-refractivity contribution < 1.29 is 4.79 Å². The molecular formula is C20H19N3O2S2. The first-order chi connectivity index (χ1) is 13.2. The minimum Gasteiger partial charge on any atom is -0.341 e. The third kappa shape index (κ3) is 3.19. The van der Waals surface area contributed by atoms with Crippen LogP contribution in [0.1, 0.15) is 18.0 Å². The summed E-state index contributed by atoms with van der Waals surface area (Å²) >= 11 is 3.16. The predicted molar refractivity (Wildman–Crippen MR) is 108 cm³/mol. The summed E-state index contributed by atoms with van der Waals surface area (Å²) in [6.07, 6.45) is 1.07. The molecule has 2 unspecified atom stereocenters. The van der Waals surface area contributed by atoms with Crippen molar-refractivity contribution >= 4 is 39.2 Å². The van der Waals surface area contributed by atoms with Gasteiger partial charge in [-0.25, -0.2) is 4.98 Å². The van der Waals surface area contributed by atoms with Crippen molar-refractivity contribution in [3.05, 3.63) is 58.5 Å². The molecule has 1 amide bonds. The van der Waals surface area contributed by atoms with Crippen molar-refractivity contribution in [3.8, 4) is 0 Å². The molecule has 138 valence electrons. The van der Waals surface area contributed by atoms with Crippen molar-refractivity contribution in [2.45, 2.75) is 23.2 Å². The molecule has 0 radical (unpaired) electrons. The Morgan fingerprint density at radius 3 is 2.93 bits per heavy atom. The van der Waals surface area contributed by atoms with Gasteiger partial charge in [0.1, 0.15) is 0 Å². The van der Waals surface area contributed by atoms with Crippen LogP contribution in [0.3, 0.4) is 0 Å². The van der Waals surface area contributed by atoms with E-state index >= 15 is 0 Å². The number of piperidine rings is 1. The van der Waals surface area contributed by atoms with Crippen molar-refractivity contribution in [2.75, 3.05) is 18.8 Å². The van der Waals surface area contributed by atoms with Crippen LogP contribution in [0.2, 0.25) is 0 Å². The summed E-state index contributed by atoms with van der Waals surface area (Å²) in [6, 6.07) is 13.5. The monoisotopic (exact) mass is 397 g/mol. The second-order valence-electron chi connectivity index (χ2n) is 7.23. The number of fused-ring (bicyclic) bond motifs is 5. The number of carbonyl (C=O) groups is 1. The molecule has 0 saturated carbocycles. The largest absolute Gasteiger partial charge is 0.341 e. The lowest BCUT2D eigenvalue weighted by Crippen LogP contribution is -2.49. The van der Waals surface area contributed by atoms with Gasteiger partial charge < -0.3 is 9.47 Å². The Bertz CT molecular complexity index is 1040. The minimum absolute atomic E-state index is 0.0772. The number of benzene rings is 1. The van der Waals surface area contributed by atoms with Gasteiger partial charge in [-0.3, -0.25) is 9.59 Å². The molecule has 2 aliphatic rings. The zero-order valence-electron chi connectivity index (χ0n) is 14.7. The third-order valence-electron chi connectivity index (χ3n) is 5.43. The van der Waals surface area contributed by atoms with E-state index in [-0.39, 0.29) is 17.4 Å². The van der Waals surface area contributed by atoms with Gasteiger partial charge in [0, 0.05) is 37.3 Å². The molecule has 4 heterocycles. The highest BCUT2D eigenvalue weighted by atomic mass is 32.2. The Labute approximate surface area is 165 Å². The number of para-hydroxylation sites is 1. The Kier molecular flexibility index (Phi) is 4.28. The van der Waals surface area contributed by atoms with Crippen LogP contribution in [0.4, 0.5) is 0 Å². The van der Waals surface area contributed by atoms with Crippen molar-refractivity contribution in [2.24, 2.45) is 5.92 Å². The van der Waals surface area contributed by atoms with Gasteiger partial charge in [0.2, 0.25) is 5.91 Å². The van der Waals surface area contributed by atoms with Gasteiger partial charge in [0.05, 0.1) is 16.0 Å². The van der Waals surface area contributed by atoms with Gasteiger partial charge in [-0.1, -0.05) is 30.0 Å². The van der Waals surface area contributed by atoms with Crippen molar-refractivity contribution in [1.82, 2.24) is 14.5 Å². The van der Waals surface area contributed by atoms with Crippen LogP contribution < -0.4 is 5.56 Å². The maximum absolute atomic E-state index is 12.8. The van der Waals surface area contributed by atoms with Gasteiger partial charge in [-0.05, 0) is 30.5 Å². The fourth-order valence-electron chi connectivity index (χ4n) is 4.23. The lowest BCUT2D eigenvalue weighted by Gasteiger charge is -2.42. The van der Waals surface area contributed by atoms with E-state index in [0.717, 1.165) is 39.8 Å². The number of hydrogen-bond acceptors (Lipinski definition) is 5. The van der Waals surface area contributed by atoms with Gasteiger partial charge in [-0.2, -0.15) is 0 Å². The molecule has 7 heteroatoms. The highest BCUT2D eigenvalue weighted by Crippen LogP contribution is 2.35. The van der Waals surface area contributed by atoms with E-state index < -0.39 is 0 Å². The number of thioether (sulfide) groups is 1. The molecule has 1 aromatic carbocycles. The number of likely N-dealkylation sites (tertiary alicyclic amines) is 1. The van der Waals surface area contributed by atoms with Gasteiger partial charge >= 0.3 is 0 Å². The topological polar surface area (TPSA) is 55.2 Å². The summed E-state index contributed by atoms with van der Waals surface area (Å²) in [6.45, 7) is 2.18. The maximum Gasteiger partial charge on any atom is 0.250 e. The lowest BCUT2D eigenvalue weighted by molar-refractivity contribution is -0.131. The zero-order chi connectivity index (χ0) is 18.4. The number of aromatic nitrogens is 2. The van der Waals surface area contributed by atoms with Crippen LogP contribution in [0, 0.1) is 5.92 Å². The number of amides is 1. The maximum atomic E-state index is 12.8. The summed E-state index contributed by atoms with van der Waals surface area (Å²) in [5.41, 5.74) is 2.15. The molecule has 27 heavy (non-hydrogen) atoms. The second kappa shape index (κ2) is 6.80. The van der Waals surface area contributed by atoms with Crippen LogP contribution >= 0.6 is 23.1 Å². The highest BCUT2D eigenvalue weighted by Gasteiger charge is 2.36. The Morgan fingerprint density at radius 1 is 1.15 bits per heavy atom. The summed E-state index contributed by atoms with van der Waals surface area (Å²) < 4.78 is 4.00. The van der Waals surface area contributed by atoms with E-state index in [9.17, 15) is 9.59 Å². The van der Waals surface area contributed by atoms with Gasteiger partial charge in [0.25, 0.3) is 5.56 Å². The number of nitrogens with zero attached hydrogens (tertiary/aromatic N) is 3. The molecular weight excluding hydrogens is 378 g/mol. The molecule has 2 bridgehead atoms. The first kappa shape index (κ1) is 17.0. The molecule has 2 aromatic heterocycles. The standard InChI is InChI=1S/C20H19N3O2S2/c24-18-7-3-5-16-14-8-13(10-23(16)18)9-22(11-14)19(25)12-26-20-21-15-4-1-2-6-17(15)27-20/h1-7,13-14H,8-12H2. The predicted octanol–water partition coefficient (Wildman–Crippen LogP) is 3.20. The summed E-state index contributed by atoms with van der Waals surface area (Å²) in [5.74, 6) is 1.22. The van der Waals surface area contributed by atoms with E-state index in [1.165, 1.54) is 11.8 Å². The number of rotatable bonds is 3. The first-order valence-electron chi connectivity index (χ1n) is 9.13. The Hall–Kier alpha value is -2.12. The van der Waals surface area contributed by atoms with E-state index in [1.807, 2.05) is 39.8 Å². The number of pyridine rings is 1. The third-order valence-corrected chi connectivity index (χ3v) is 7.59. The quantitative estimate of drug-likeness (QED) is 0.637. The SMILES string of the molecule is O=C(CSc1nc2ccccc2s1)N1CC2CC(C1)c1cccc(=O)n1C2. The van der Waals surface area contributed by atoms with E-state index in [0.29, 0.717) is 18.2 Å². The molecule has 1 saturated heterocycles. The Morgan fingerprint density at radius 2 is 2.04 bits per heavy atom. The van der Waals surface area contributed by atoms with Gasteiger partial charge in [0.15, 0.2) is 4.34 Å². The normalized spacial score (nSPS) is 21.3. The van der Waals surface area contributed by atoms with E-state index in [4.69, 9.17) is 0 Å². The summed E-state index contributed by atoms with van der Waals surface area (Å²) in [4.78, 5) is 31.5. The summed E-state index contributed by atoms with van der Waals surface area (Å²) in [7, 11) is 0. The highest BCUT2D eigenvalue weighted by molar-refractivity contribution is 8.01. The number of hydrogen-bond donors (Lipinski definition) is 0. The van der Waals surface area contributed by atoms with E-state index in [1.54, 1.807) is 17.4 Å². The van der Waals surface area contributed by atoms with Crippen LogP contribution in [0.25, 0.3) is 10.2 Å². The van der Waals surface area contributed by atoms with Crippen molar-refractivity contribution in [3.63, 3.8) is 0 Å².